The number of rotatable bonds is 3. The molecule has 1 aromatic heterocycles. The SMILES string of the molecule is CN(O)c1ccc(Oc2cccnc2)cc1. The van der Waals surface area contributed by atoms with E-state index in [1.54, 1.807) is 43.7 Å². The average molecular weight is 216 g/mol. The Morgan fingerprint density at radius 3 is 2.44 bits per heavy atom. The van der Waals surface area contributed by atoms with Gasteiger partial charge in [0, 0.05) is 13.2 Å². The first kappa shape index (κ1) is 10.4. The molecular weight excluding hydrogens is 204 g/mol. The van der Waals surface area contributed by atoms with Crippen LogP contribution in [-0.2, 0) is 0 Å². The van der Waals surface area contributed by atoms with Gasteiger partial charge in [0.05, 0.1) is 11.9 Å². The molecule has 0 amide bonds. The first-order valence-corrected chi connectivity index (χ1v) is 4.86. The number of hydrogen-bond donors (Lipinski definition) is 1. The normalized spacial score (nSPS) is 9.88. The molecule has 2 rings (SSSR count). The maximum absolute atomic E-state index is 9.19. The van der Waals surface area contributed by atoms with Crippen LogP contribution < -0.4 is 9.80 Å². The third-order valence-electron chi connectivity index (χ3n) is 2.08. The Balaban J connectivity index is 2.11. The molecule has 0 unspecified atom stereocenters. The molecule has 82 valence electrons. The Labute approximate surface area is 93.7 Å². The van der Waals surface area contributed by atoms with Gasteiger partial charge in [-0.3, -0.25) is 15.3 Å². The third kappa shape index (κ3) is 2.49. The van der Waals surface area contributed by atoms with Gasteiger partial charge in [0.15, 0.2) is 0 Å². The van der Waals surface area contributed by atoms with Gasteiger partial charge in [0.2, 0.25) is 0 Å². The molecule has 1 heterocycles. The second-order valence-corrected chi connectivity index (χ2v) is 3.31. The molecule has 2 aromatic rings. The van der Waals surface area contributed by atoms with E-state index in [9.17, 15) is 5.21 Å². The second kappa shape index (κ2) is 4.63. The van der Waals surface area contributed by atoms with E-state index in [0.717, 1.165) is 5.06 Å². The number of anilines is 1. The fourth-order valence-corrected chi connectivity index (χ4v) is 1.27. The van der Waals surface area contributed by atoms with Crippen LogP contribution in [0, 0.1) is 0 Å². The standard InChI is InChI=1S/C12H12N2O2/c1-14(15)10-4-6-11(7-5-10)16-12-3-2-8-13-9-12/h2-9,15H,1H3. The minimum atomic E-state index is 0.688. The Morgan fingerprint density at radius 2 is 1.88 bits per heavy atom. The predicted molar refractivity (Wildman–Crippen MR) is 60.9 cm³/mol. The van der Waals surface area contributed by atoms with Crippen molar-refractivity contribution >= 4 is 5.69 Å². The van der Waals surface area contributed by atoms with Gasteiger partial charge in [0.1, 0.15) is 11.5 Å². The molecule has 0 radical (unpaired) electrons. The van der Waals surface area contributed by atoms with Crippen LogP contribution in [0.2, 0.25) is 0 Å². The molecule has 0 atom stereocenters. The average Bonchev–Trinajstić information content (AvgIpc) is 2.31. The summed E-state index contributed by atoms with van der Waals surface area (Å²) in [5.74, 6) is 1.39. The zero-order chi connectivity index (χ0) is 11.4. The molecule has 0 bridgehead atoms. The molecule has 0 aliphatic rings. The lowest BCUT2D eigenvalue weighted by atomic mass is 10.3. The number of ether oxygens (including phenoxy) is 1. The molecule has 4 heteroatoms. The molecular formula is C12H12N2O2. The summed E-state index contributed by atoms with van der Waals surface area (Å²) in [7, 11) is 1.57. The zero-order valence-electron chi connectivity index (χ0n) is 8.87. The van der Waals surface area contributed by atoms with Gasteiger partial charge in [0.25, 0.3) is 0 Å². The number of aromatic nitrogens is 1. The van der Waals surface area contributed by atoms with Crippen LogP contribution in [0.25, 0.3) is 0 Å². The smallest absolute Gasteiger partial charge is 0.145 e. The van der Waals surface area contributed by atoms with Crippen LogP contribution in [0.4, 0.5) is 5.69 Å². The van der Waals surface area contributed by atoms with Crippen molar-refractivity contribution in [1.29, 1.82) is 0 Å². The summed E-state index contributed by atoms with van der Waals surface area (Å²) in [5.41, 5.74) is 0.707. The molecule has 0 fully saturated rings. The molecule has 16 heavy (non-hydrogen) atoms. The molecule has 0 aliphatic heterocycles. The summed E-state index contributed by atoms with van der Waals surface area (Å²) >= 11 is 0. The number of hydroxylamine groups is 1. The Morgan fingerprint density at radius 1 is 1.12 bits per heavy atom. The van der Waals surface area contributed by atoms with Crippen molar-refractivity contribution in [3.63, 3.8) is 0 Å². The molecule has 0 spiro atoms. The van der Waals surface area contributed by atoms with Gasteiger partial charge in [-0.25, -0.2) is 0 Å². The molecule has 0 saturated carbocycles. The summed E-state index contributed by atoms with van der Waals surface area (Å²) in [6.45, 7) is 0. The highest BCUT2D eigenvalue weighted by molar-refractivity contribution is 5.46. The molecule has 0 aliphatic carbocycles. The second-order valence-electron chi connectivity index (χ2n) is 3.31. The molecule has 4 nitrogen and oxygen atoms in total. The van der Waals surface area contributed by atoms with Gasteiger partial charge >= 0.3 is 0 Å². The van der Waals surface area contributed by atoms with Crippen LogP contribution in [-0.4, -0.2) is 17.2 Å². The lowest BCUT2D eigenvalue weighted by Gasteiger charge is -2.11. The van der Waals surface area contributed by atoms with Crippen LogP contribution >= 0.6 is 0 Å². The highest BCUT2D eigenvalue weighted by Crippen LogP contribution is 2.22. The van der Waals surface area contributed by atoms with Crippen molar-refractivity contribution < 1.29 is 9.94 Å². The van der Waals surface area contributed by atoms with E-state index in [4.69, 9.17) is 4.74 Å². The summed E-state index contributed by atoms with van der Waals surface area (Å²) in [6, 6.07) is 10.8. The van der Waals surface area contributed by atoms with Crippen LogP contribution in [0.5, 0.6) is 11.5 Å². The van der Waals surface area contributed by atoms with Gasteiger partial charge in [-0.15, -0.1) is 0 Å². The van der Waals surface area contributed by atoms with Gasteiger partial charge in [-0.2, -0.15) is 0 Å². The van der Waals surface area contributed by atoms with Crippen molar-refractivity contribution in [3.8, 4) is 11.5 Å². The van der Waals surface area contributed by atoms with E-state index in [1.165, 1.54) is 0 Å². The van der Waals surface area contributed by atoms with E-state index in [2.05, 4.69) is 4.98 Å². The van der Waals surface area contributed by atoms with E-state index < -0.39 is 0 Å². The summed E-state index contributed by atoms with van der Waals surface area (Å²) in [5, 5.41) is 10.2. The quantitative estimate of drug-likeness (QED) is 0.801. The van der Waals surface area contributed by atoms with Crippen molar-refractivity contribution in [2.45, 2.75) is 0 Å². The lowest BCUT2D eigenvalue weighted by molar-refractivity contribution is 0.279. The minimum Gasteiger partial charge on any atom is -0.456 e. The Bertz CT molecular complexity index is 440. The van der Waals surface area contributed by atoms with Crippen LogP contribution in [0.3, 0.4) is 0 Å². The van der Waals surface area contributed by atoms with Gasteiger partial charge < -0.3 is 4.74 Å². The molecule has 0 saturated heterocycles. The highest BCUT2D eigenvalue weighted by atomic mass is 16.5. The van der Waals surface area contributed by atoms with Crippen molar-refractivity contribution in [2.24, 2.45) is 0 Å². The predicted octanol–water partition coefficient (Wildman–Crippen LogP) is 2.70. The van der Waals surface area contributed by atoms with Gasteiger partial charge in [-0.05, 0) is 36.4 Å². The topological polar surface area (TPSA) is 45.6 Å². The molecule has 1 aromatic carbocycles. The molecule has 1 N–H and O–H groups in total. The van der Waals surface area contributed by atoms with Crippen LogP contribution in [0.1, 0.15) is 0 Å². The maximum Gasteiger partial charge on any atom is 0.145 e. The van der Waals surface area contributed by atoms with Crippen molar-refractivity contribution in [2.75, 3.05) is 12.1 Å². The highest BCUT2D eigenvalue weighted by Gasteiger charge is 1.99. The fourth-order valence-electron chi connectivity index (χ4n) is 1.27. The Kier molecular flexibility index (Phi) is 3.03. The first-order chi connectivity index (χ1) is 7.75. The number of benzene rings is 1. The minimum absolute atomic E-state index is 0.688. The van der Waals surface area contributed by atoms with E-state index in [1.807, 2.05) is 12.1 Å². The first-order valence-electron chi connectivity index (χ1n) is 4.86. The number of nitrogens with zero attached hydrogens (tertiary/aromatic N) is 2. The summed E-state index contributed by atoms with van der Waals surface area (Å²) in [6.07, 6.45) is 3.34. The monoisotopic (exact) mass is 216 g/mol. The third-order valence-corrected chi connectivity index (χ3v) is 2.08. The Hall–Kier alpha value is -2.07. The summed E-state index contributed by atoms with van der Waals surface area (Å²) < 4.78 is 5.55. The fraction of sp³-hybridized carbons (Fsp3) is 0.0833. The van der Waals surface area contributed by atoms with Crippen molar-refractivity contribution in [1.82, 2.24) is 4.98 Å². The largest absolute Gasteiger partial charge is 0.456 e. The zero-order valence-corrected chi connectivity index (χ0v) is 8.87. The lowest BCUT2D eigenvalue weighted by Crippen LogP contribution is -2.09. The van der Waals surface area contributed by atoms with Crippen molar-refractivity contribution in [3.05, 3.63) is 48.8 Å². The van der Waals surface area contributed by atoms with E-state index in [0.29, 0.717) is 17.2 Å². The summed E-state index contributed by atoms with van der Waals surface area (Å²) in [4.78, 5) is 3.95. The number of hydrogen-bond acceptors (Lipinski definition) is 4. The number of pyridine rings is 1. The van der Waals surface area contributed by atoms with Gasteiger partial charge in [-0.1, -0.05) is 0 Å². The van der Waals surface area contributed by atoms with E-state index in [-0.39, 0.29) is 0 Å². The van der Waals surface area contributed by atoms with E-state index >= 15 is 0 Å². The van der Waals surface area contributed by atoms with Crippen LogP contribution in [0.15, 0.2) is 48.8 Å². The maximum atomic E-state index is 9.19.